The number of aliphatic hydroxyl groups excluding tert-OH is 4. The first kappa shape index (κ1) is 21.7. The van der Waals surface area contributed by atoms with Crippen LogP contribution in [-0.4, -0.2) is 52.9 Å². The molecule has 11 nitrogen and oxygen atoms in total. The van der Waals surface area contributed by atoms with Gasteiger partial charge in [-0.15, -0.1) is 0 Å². The van der Waals surface area contributed by atoms with E-state index in [4.69, 9.17) is 10.00 Å². The summed E-state index contributed by atoms with van der Waals surface area (Å²) in [7, 11) is 0. The molecule has 4 aromatic rings. The Morgan fingerprint density at radius 3 is 2.37 bits per heavy atom. The molecule has 2 aromatic carbocycles. The van der Waals surface area contributed by atoms with E-state index in [1.165, 1.54) is 10.9 Å². The maximum atomic E-state index is 12.7. The lowest BCUT2D eigenvalue weighted by Gasteiger charge is -2.24. The van der Waals surface area contributed by atoms with Crippen molar-refractivity contribution in [3.05, 3.63) is 93.5 Å². The van der Waals surface area contributed by atoms with Gasteiger partial charge in [-0.3, -0.25) is 4.79 Å². The summed E-state index contributed by atoms with van der Waals surface area (Å²) < 4.78 is 6.92. The second kappa shape index (κ2) is 8.36. The monoisotopic (exact) mass is 471 g/mol. The number of nitrogens with one attached hydrogen (secondary N) is 1. The van der Waals surface area contributed by atoms with Crippen LogP contribution in [-0.2, 0) is 4.74 Å². The van der Waals surface area contributed by atoms with Gasteiger partial charge in [0.1, 0.15) is 11.2 Å². The van der Waals surface area contributed by atoms with Gasteiger partial charge < -0.3 is 30.1 Å². The Hall–Kier alpha value is -5.08. The van der Waals surface area contributed by atoms with Crippen molar-refractivity contribution in [3.63, 3.8) is 0 Å². The summed E-state index contributed by atoms with van der Waals surface area (Å²) in [5.41, 5.74) is 1.95. The van der Waals surface area contributed by atoms with Crippen LogP contribution < -0.4 is 5.56 Å². The van der Waals surface area contributed by atoms with Gasteiger partial charge in [-0.05, 0) is 24.3 Å². The molecule has 3 heterocycles. The molecule has 0 aliphatic carbocycles. The Balaban J connectivity index is 1.54. The predicted octanol–water partition coefficient (Wildman–Crippen LogP) is 2.59. The topological polar surface area (TPSA) is 178 Å². The van der Waals surface area contributed by atoms with Crippen molar-refractivity contribution in [1.29, 1.82) is 5.26 Å². The Labute approximate surface area is 196 Å². The molecule has 174 valence electrons. The van der Waals surface area contributed by atoms with Crippen LogP contribution in [0.2, 0.25) is 0 Å². The van der Waals surface area contributed by atoms with E-state index in [1.54, 1.807) is 48.5 Å². The number of ether oxygens (including phenoxy) is 1. The zero-order valence-corrected chi connectivity index (χ0v) is 17.9. The van der Waals surface area contributed by atoms with Crippen LogP contribution in [0.1, 0.15) is 11.1 Å². The largest absolute Gasteiger partial charge is 0.505 e. The van der Waals surface area contributed by atoms with Gasteiger partial charge in [-0.2, -0.15) is 10.4 Å². The average molecular weight is 471 g/mol. The minimum absolute atomic E-state index is 0.123. The first-order valence-electron chi connectivity index (χ1n) is 10.3. The highest BCUT2D eigenvalue weighted by Gasteiger charge is 2.31. The highest BCUT2D eigenvalue weighted by molar-refractivity contribution is 5.78. The zero-order valence-electron chi connectivity index (χ0n) is 17.9. The van der Waals surface area contributed by atoms with Gasteiger partial charge in [0.2, 0.25) is 11.5 Å². The fraction of sp³-hybridized carbons (Fsp3) is 0.0833. The molecule has 5 rings (SSSR count). The molecule has 5 N–H and O–H groups in total. The molecule has 0 fully saturated rings. The number of nitrogens with zero attached hydrogens (tertiary/aromatic N) is 4. The fourth-order valence-electron chi connectivity index (χ4n) is 3.66. The van der Waals surface area contributed by atoms with Crippen LogP contribution in [0.5, 0.6) is 0 Å². The number of H-pyrrole nitrogens is 1. The van der Waals surface area contributed by atoms with E-state index in [9.17, 15) is 25.2 Å². The number of aromatic nitrogens is 4. The van der Waals surface area contributed by atoms with E-state index >= 15 is 0 Å². The molecule has 1 aliphatic rings. The average Bonchev–Trinajstić information content (AvgIpc) is 3.32. The minimum atomic E-state index is -1.22. The van der Waals surface area contributed by atoms with Gasteiger partial charge in [0, 0.05) is 11.1 Å². The summed E-state index contributed by atoms with van der Waals surface area (Å²) in [6, 6.07) is 15.1. The van der Waals surface area contributed by atoms with Gasteiger partial charge in [-0.25, -0.2) is 9.67 Å². The van der Waals surface area contributed by atoms with Crippen LogP contribution in [0.4, 0.5) is 0 Å². The lowest BCUT2D eigenvalue weighted by atomic mass is 10.1. The summed E-state index contributed by atoms with van der Waals surface area (Å²) in [5.74, 6) is -1.97. The van der Waals surface area contributed by atoms with Crippen LogP contribution >= 0.6 is 0 Å². The smallest absolute Gasteiger partial charge is 0.262 e. The third-order valence-corrected chi connectivity index (χ3v) is 5.51. The molecular weight excluding hydrogens is 454 g/mol. The van der Waals surface area contributed by atoms with E-state index in [0.717, 1.165) is 0 Å². The predicted molar refractivity (Wildman–Crippen MR) is 123 cm³/mol. The Morgan fingerprint density at radius 2 is 1.71 bits per heavy atom. The molecule has 0 radical (unpaired) electrons. The van der Waals surface area contributed by atoms with Crippen molar-refractivity contribution in [3.8, 4) is 23.1 Å². The first-order valence-corrected chi connectivity index (χ1v) is 10.3. The Morgan fingerprint density at radius 1 is 1.03 bits per heavy atom. The molecule has 11 heteroatoms. The summed E-state index contributed by atoms with van der Waals surface area (Å²) in [6.45, 7) is -0.608. The van der Waals surface area contributed by atoms with Crippen LogP contribution in [0, 0.1) is 11.3 Å². The van der Waals surface area contributed by atoms with Crippen molar-refractivity contribution in [2.45, 2.75) is 6.10 Å². The number of aliphatic hydroxyl groups is 4. The Kier molecular flexibility index (Phi) is 5.20. The second-order valence-electron chi connectivity index (χ2n) is 7.64. The zero-order chi connectivity index (χ0) is 24.7. The first-order chi connectivity index (χ1) is 16.9. The van der Waals surface area contributed by atoms with Crippen molar-refractivity contribution < 1.29 is 25.2 Å². The van der Waals surface area contributed by atoms with Gasteiger partial charge >= 0.3 is 0 Å². The third-order valence-electron chi connectivity index (χ3n) is 5.51. The number of hydrogen-bond donors (Lipinski definition) is 5. The molecule has 1 atom stereocenters. The van der Waals surface area contributed by atoms with E-state index in [2.05, 4.69) is 15.1 Å². The molecule has 1 unspecified atom stereocenters. The number of hydrogen-bond acceptors (Lipinski definition) is 9. The van der Waals surface area contributed by atoms with E-state index in [1.807, 2.05) is 6.07 Å². The minimum Gasteiger partial charge on any atom is -0.505 e. The van der Waals surface area contributed by atoms with Crippen LogP contribution in [0.25, 0.3) is 33.9 Å². The normalized spacial score (nSPS) is 15.8. The highest BCUT2D eigenvalue weighted by Crippen LogP contribution is 2.32. The number of nitriles is 1. The number of aromatic amines is 1. The molecule has 0 amide bonds. The number of benzene rings is 2. The maximum Gasteiger partial charge on any atom is 0.262 e. The number of fused-ring (bicyclic) bond motifs is 1. The summed E-state index contributed by atoms with van der Waals surface area (Å²) in [4.78, 5) is 20.0. The lowest BCUT2D eigenvalue weighted by molar-refractivity contribution is 0.0626. The molecule has 0 spiro atoms. The molecule has 0 saturated carbocycles. The summed E-state index contributed by atoms with van der Waals surface area (Å²) >= 11 is 0. The summed E-state index contributed by atoms with van der Waals surface area (Å²) in [6.07, 6.45) is 0.193. The third kappa shape index (κ3) is 3.64. The van der Waals surface area contributed by atoms with E-state index in [-0.39, 0.29) is 22.5 Å². The number of rotatable bonds is 4. The van der Waals surface area contributed by atoms with Gasteiger partial charge in [0.05, 0.1) is 30.1 Å². The lowest BCUT2D eigenvalue weighted by Crippen LogP contribution is -2.26. The Bertz CT molecular complexity index is 1610. The van der Waals surface area contributed by atoms with Crippen LogP contribution in [0.15, 0.2) is 76.8 Å². The molecule has 1 aliphatic heterocycles. The molecule has 0 saturated heterocycles. The molecular formula is C24H17N5O6. The molecule has 35 heavy (non-hydrogen) atoms. The standard InChI is InChI=1S/C24H17N5O6/c25-9-12-1-7-15(8-2-12)29-23-16(10-26-29)24(34)28-22(27-23)14-5-3-13(4-6-14)21-20(33)19(32)18(31)17(11-30)35-21/h1-8,10,17,30-33H,11H2,(H,27,28,34). The van der Waals surface area contributed by atoms with Gasteiger partial charge in [-0.1, -0.05) is 24.3 Å². The van der Waals surface area contributed by atoms with Gasteiger partial charge in [0.15, 0.2) is 23.3 Å². The van der Waals surface area contributed by atoms with Crippen LogP contribution in [0.3, 0.4) is 0 Å². The highest BCUT2D eigenvalue weighted by atomic mass is 16.5. The molecule has 0 bridgehead atoms. The maximum absolute atomic E-state index is 12.7. The second-order valence-corrected chi connectivity index (χ2v) is 7.64. The summed E-state index contributed by atoms with van der Waals surface area (Å²) in [5, 5.41) is 52.8. The SMILES string of the molecule is N#Cc1ccc(-n2ncc3c(=O)[nH]c(-c4ccc(C5=C(O)C(O)=C(O)C(CO)O5)cc4)nc32)cc1. The quantitative estimate of drug-likeness (QED) is 0.299. The van der Waals surface area contributed by atoms with E-state index in [0.29, 0.717) is 28.0 Å². The van der Waals surface area contributed by atoms with E-state index < -0.39 is 30.0 Å². The molecule has 2 aromatic heterocycles. The van der Waals surface area contributed by atoms with Gasteiger partial charge in [0.25, 0.3) is 5.56 Å². The fourth-order valence-corrected chi connectivity index (χ4v) is 3.66. The van der Waals surface area contributed by atoms with Crippen molar-refractivity contribution in [2.75, 3.05) is 6.61 Å². The van der Waals surface area contributed by atoms with Crippen molar-refractivity contribution in [1.82, 2.24) is 19.7 Å². The van der Waals surface area contributed by atoms with Crippen molar-refractivity contribution in [2.24, 2.45) is 0 Å². The van der Waals surface area contributed by atoms with Crippen molar-refractivity contribution >= 4 is 16.8 Å².